The zero-order valence-electron chi connectivity index (χ0n) is 10.6. The second-order valence-corrected chi connectivity index (χ2v) is 5.22. The number of carbonyl (C=O) groups is 1. The number of rotatable bonds is 5. The normalized spacial score (nSPS) is 23.9. The zero-order chi connectivity index (χ0) is 12.1. The lowest BCUT2D eigenvalue weighted by molar-refractivity contribution is -0.137. The minimum absolute atomic E-state index is 0.282. The highest BCUT2D eigenvalue weighted by Crippen LogP contribution is 2.14. The van der Waals surface area contributed by atoms with E-state index in [1.54, 1.807) is 0 Å². The summed E-state index contributed by atoms with van der Waals surface area (Å²) in [5.41, 5.74) is 0. The summed E-state index contributed by atoms with van der Waals surface area (Å²) in [5, 5.41) is 8.71. The van der Waals surface area contributed by atoms with Crippen molar-refractivity contribution in [3.05, 3.63) is 0 Å². The van der Waals surface area contributed by atoms with Crippen LogP contribution in [0.4, 0.5) is 0 Å². The summed E-state index contributed by atoms with van der Waals surface area (Å²) in [7, 11) is 2.10. The van der Waals surface area contributed by atoms with Crippen molar-refractivity contribution in [1.29, 1.82) is 0 Å². The van der Waals surface area contributed by atoms with E-state index in [9.17, 15) is 4.79 Å². The van der Waals surface area contributed by atoms with Crippen LogP contribution in [-0.2, 0) is 4.79 Å². The lowest BCUT2D eigenvalue weighted by atomic mass is 10.1. The number of hydrogen-bond donors (Lipinski definition) is 1. The minimum Gasteiger partial charge on any atom is -0.481 e. The molecule has 0 aromatic rings. The van der Waals surface area contributed by atoms with Crippen molar-refractivity contribution >= 4 is 5.97 Å². The molecule has 1 heterocycles. The van der Waals surface area contributed by atoms with Crippen LogP contribution in [0.25, 0.3) is 0 Å². The third-order valence-corrected chi connectivity index (χ3v) is 3.18. The van der Waals surface area contributed by atoms with Gasteiger partial charge in [-0.15, -0.1) is 0 Å². The van der Waals surface area contributed by atoms with Gasteiger partial charge in [0.15, 0.2) is 0 Å². The molecular weight excluding hydrogens is 204 g/mol. The van der Waals surface area contributed by atoms with E-state index < -0.39 is 5.97 Å². The maximum Gasteiger partial charge on any atom is 0.303 e. The summed E-state index contributed by atoms with van der Waals surface area (Å²) in [6.45, 7) is 8.75. The molecule has 0 amide bonds. The van der Waals surface area contributed by atoms with E-state index >= 15 is 0 Å². The Morgan fingerprint density at radius 3 is 2.69 bits per heavy atom. The van der Waals surface area contributed by atoms with E-state index in [1.807, 2.05) is 0 Å². The van der Waals surface area contributed by atoms with Crippen LogP contribution >= 0.6 is 0 Å². The first-order chi connectivity index (χ1) is 7.49. The molecule has 0 radical (unpaired) electrons. The highest BCUT2D eigenvalue weighted by Gasteiger charge is 2.24. The van der Waals surface area contributed by atoms with Crippen molar-refractivity contribution in [2.75, 3.05) is 33.2 Å². The van der Waals surface area contributed by atoms with E-state index in [0.29, 0.717) is 12.0 Å². The highest BCUT2D eigenvalue weighted by atomic mass is 16.4. The van der Waals surface area contributed by atoms with Crippen LogP contribution in [-0.4, -0.2) is 60.1 Å². The maximum atomic E-state index is 10.6. The summed E-state index contributed by atoms with van der Waals surface area (Å²) in [4.78, 5) is 15.3. The van der Waals surface area contributed by atoms with Gasteiger partial charge in [0, 0.05) is 38.6 Å². The number of hydrogen-bond acceptors (Lipinski definition) is 3. The Kier molecular flexibility index (Phi) is 5.22. The molecule has 4 heteroatoms. The minimum atomic E-state index is -0.686. The summed E-state index contributed by atoms with van der Waals surface area (Å²) < 4.78 is 0. The topological polar surface area (TPSA) is 43.8 Å². The predicted octanol–water partition coefficient (Wildman–Crippen LogP) is 1.12. The first-order valence-electron chi connectivity index (χ1n) is 6.13. The first kappa shape index (κ1) is 13.5. The lowest BCUT2D eigenvalue weighted by Crippen LogP contribution is -2.52. The molecule has 0 spiro atoms. The molecule has 0 saturated carbocycles. The van der Waals surface area contributed by atoms with Gasteiger partial charge in [0.1, 0.15) is 0 Å². The van der Waals surface area contributed by atoms with Crippen LogP contribution in [0.3, 0.4) is 0 Å². The molecule has 1 aliphatic heterocycles. The first-order valence-corrected chi connectivity index (χ1v) is 6.13. The predicted molar refractivity (Wildman–Crippen MR) is 64.6 cm³/mol. The molecule has 4 nitrogen and oxygen atoms in total. The Balaban J connectivity index is 2.38. The standard InChI is InChI=1S/C12H24N2O2/c1-10(2)8-14-7-6-13(3)11(9-14)4-5-12(15)16/h10-11H,4-9H2,1-3H3,(H,15,16). The molecule has 1 saturated heterocycles. The fourth-order valence-corrected chi connectivity index (χ4v) is 2.29. The largest absolute Gasteiger partial charge is 0.481 e. The second kappa shape index (κ2) is 6.21. The number of piperazine rings is 1. The van der Waals surface area contributed by atoms with Crippen LogP contribution in [0.1, 0.15) is 26.7 Å². The van der Waals surface area contributed by atoms with Crippen molar-refractivity contribution in [2.24, 2.45) is 5.92 Å². The molecule has 0 aliphatic carbocycles. The van der Waals surface area contributed by atoms with Crippen molar-refractivity contribution in [3.8, 4) is 0 Å². The summed E-state index contributed by atoms with van der Waals surface area (Å²) in [6, 6.07) is 0.406. The van der Waals surface area contributed by atoms with Gasteiger partial charge in [-0.25, -0.2) is 0 Å². The number of carboxylic acids is 1. The fourth-order valence-electron chi connectivity index (χ4n) is 2.29. The van der Waals surface area contributed by atoms with E-state index in [4.69, 9.17) is 5.11 Å². The van der Waals surface area contributed by atoms with E-state index in [2.05, 4.69) is 30.7 Å². The molecule has 1 aliphatic rings. The maximum absolute atomic E-state index is 10.6. The van der Waals surface area contributed by atoms with Crippen LogP contribution in [0.2, 0.25) is 0 Å². The van der Waals surface area contributed by atoms with Crippen LogP contribution in [0.5, 0.6) is 0 Å². The highest BCUT2D eigenvalue weighted by molar-refractivity contribution is 5.66. The Morgan fingerprint density at radius 1 is 1.44 bits per heavy atom. The summed E-state index contributed by atoms with van der Waals surface area (Å²) >= 11 is 0. The zero-order valence-corrected chi connectivity index (χ0v) is 10.6. The van der Waals surface area contributed by atoms with Crippen LogP contribution < -0.4 is 0 Å². The van der Waals surface area contributed by atoms with Gasteiger partial charge in [-0.2, -0.15) is 0 Å². The third-order valence-electron chi connectivity index (χ3n) is 3.18. The molecule has 1 N–H and O–H groups in total. The van der Waals surface area contributed by atoms with Gasteiger partial charge in [-0.05, 0) is 19.4 Å². The van der Waals surface area contributed by atoms with Crippen molar-refractivity contribution in [2.45, 2.75) is 32.7 Å². The smallest absolute Gasteiger partial charge is 0.303 e. The summed E-state index contributed by atoms with van der Waals surface area (Å²) in [5.74, 6) is -0.00193. The molecule has 0 aromatic heterocycles. The molecule has 94 valence electrons. The SMILES string of the molecule is CC(C)CN1CCN(C)C(CCC(=O)O)C1. The van der Waals surface area contributed by atoms with Gasteiger partial charge in [0.05, 0.1) is 0 Å². The van der Waals surface area contributed by atoms with Crippen molar-refractivity contribution in [1.82, 2.24) is 9.80 Å². The van der Waals surface area contributed by atoms with Gasteiger partial charge in [-0.1, -0.05) is 13.8 Å². The van der Waals surface area contributed by atoms with Gasteiger partial charge in [0.2, 0.25) is 0 Å². The lowest BCUT2D eigenvalue weighted by Gasteiger charge is -2.40. The molecule has 0 bridgehead atoms. The quantitative estimate of drug-likeness (QED) is 0.766. The Bertz CT molecular complexity index is 231. The van der Waals surface area contributed by atoms with E-state index in [-0.39, 0.29) is 6.42 Å². The van der Waals surface area contributed by atoms with Gasteiger partial charge in [0.25, 0.3) is 0 Å². The fraction of sp³-hybridized carbons (Fsp3) is 0.917. The molecular formula is C12H24N2O2. The van der Waals surface area contributed by atoms with Crippen molar-refractivity contribution < 1.29 is 9.90 Å². The van der Waals surface area contributed by atoms with Gasteiger partial charge >= 0.3 is 5.97 Å². The van der Waals surface area contributed by atoms with Crippen molar-refractivity contribution in [3.63, 3.8) is 0 Å². The third kappa shape index (κ3) is 4.49. The molecule has 1 fully saturated rings. The van der Waals surface area contributed by atoms with E-state index in [0.717, 1.165) is 32.6 Å². The molecule has 0 aromatic carbocycles. The molecule has 1 unspecified atom stereocenters. The Labute approximate surface area is 98.2 Å². The number of aliphatic carboxylic acids is 1. The number of nitrogens with zero attached hydrogens (tertiary/aromatic N) is 2. The molecule has 1 rings (SSSR count). The van der Waals surface area contributed by atoms with Gasteiger partial charge in [-0.3, -0.25) is 4.79 Å². The summed E-state index contributed by atoms with van der Waals surface area (Å²) in [6.07, 6.45) is 1.05. The Morgan fingerprint density at radius 2 is 2.12 bits per heavy atom. The Hall–Kier alpha value is -0.610. The van der Waals surface area contributed by atoms with E-state index in [1.165, 1.54) is 0 Å². The van der Waals surface area contributed by atoms with Gasteiger partial charge < -0.3 is 14.9 Å². The van der Waals surface area contributed by atoms with Crippen LogP contribution in [0.15, 0.2) is 0 Å². The monoisotopic (exact) mass is 228 g/mol. The second-order valence-electron chi connectivity index (χ2n) is 5.22. The molecule has 1 atom stereocenters. The number of likely N-dealkylation sites (N-methyl/N-ethyl adjacent to an activating group) is 1. The average molecular weight is 228 g/mol. The molecule has 16 heavy (non-hydrogen) atoms. The average Bonchev–Trinajstić information content (AvgIpc) is 2.18. The van der Waals surface area contributed by atoms with Crippen LogP contribution in [0, 0.1) is 5.92 Å². The number of carboxylic acid groups (broad SMARTS) is 1.